The minimum Gasteiger partial charge on any atom is -0.497 e. The first-order valence-electron chi connectivity index (χ1n) is 9.91. The van der Waals surface area contributed by atoms with Crippen LogP contribution in [0, 0.1) is 6.92 Å². The number of aromatic nitrogens is 1. The Hall–Kier alpha value is -3.32. The van der Waals surface area contributed by atoms with Gasteiger partial charge in [-0.25, -0.2) is 4.98 Å². The monoisotopic (exact) mass is 438 g/mol. The Morgan fingerprint density at radius 3 is 2.71 bits per heavy atom. The van der Waals surface area contributed by atoms with Crippen LogP contribution in [-0.2, 0) is 11.4 Å². The number of ether oxygens (including phenoxy) is 3. The molecule has 7 heteroatoms. The van der Waals surface area contributed by atoms with E-state index in [2.05, 4.69) is 10.3 Å². The lowest BCUT2D eigenvalue weighted by atomic mass is 10.2. The molecule has 2 aromatic carbocycles. The van der Waals surface area contributed by atoms with Crippen LogP contribution in [0.1, 0.15) is 30.1 Å². The molecule has 6 nitrogen and oxygen atoms in total. The van der Waals surface area contributed by atoms with Crippen LogP contribution < -0.4 is 19.5 Å². The van der Waals surface area contributed by atoms with Crippen molar-refractivity contribution >= 4 is 29.0 Å². The van der Waals surface area contributed by atoms with E-state index in [0.29, 0.717) is 29.5 Å². The van der Waals surface area contributed by atoms with E-state index < -0.39 is 0 Å². The Labute approximate surface area is 186 Å². The van der Waals surface area contributed by atoms with Crippen molar-refractivity contribution in [1.29, 1.82) is 0 Å². The van der Waals surface area contributed by atoms with E-state index in [1.807, 2.05) is 50.4 Å². The molecule has 0 radical (unpaired) electrons. The van der Waals surface area contributed by atoms with Crippen molar-refractivity contribution in [3.63, 3.8) is 0 Å². The fourth-order valence-corrected chi connectivity index (χ4v) is 3.40. The lowest BCUT2D eigenvalue weighted by Crippen LogP contribution is -2.12. The fraction of sp³-hybridized carbons (Fsp3) is 0.250. The lowest BCUT2D eigenvalue weighted by molar-refractivity contribution is -0.111. The predicted octanol–water partition coefficient (Wildman–Crippen LogP) is 5.48. The van der Waals surface area contributed by atoms with Gasteiger partial charge in [0.1, 0.15) is 23.9 Å². The molecule has 3 rings (SSSR count). The molecule has 162 valence electrons. The molecule has 1 aromatic heterocycles. The zero-order valence-electron chi connectivity index (χ0n) is 18.0. The van der Waals surface area contributed by atoms with Gasteiger partial charge < -0.3 is 19.5 Å². The summed E-state index contributed by atoms with van der Waals surface area (Å²) in [7, 11) is 1.58. The van der Waals surface area contributed by atoms with Gasteiger partial charge in [-0.1, -0.05) is 18.2 Å². The zero-order valence-corrected chi connectivity index (χ0v) is 18.9. The highest BCUT2D eigenvalue weighted by Gasteiger charge is 2.10. The van der Waals surface area contributed by atoms with Gasteiger partial charge in [-0.15, -0.1) is 11.3 Å². The average Bonchev–Trinajstić information content (AvgIpc) is 3.17. The van der Waals surface area contributed by atoms with Crippen molar-refractivity contribution in [3.8, 4) is 17.2 Å². The normalized spacial score (nSPS) is 11.0. The molecule has 0 unspecified atom stereocenters. The molecule has 1 N–H and O–H groups in total. The molecule has 0 saturated carbocycles. The number of hydrogen-bond acceptors (Lipinski definition) is 6. The van der Waals surface area contributed by atoms with Gasteiger partial charge in [0.25, 0.3) is 0 Å². The van der Waals surface area contributed by atoms with Crippen molar-refractivity contribution in [2.45, 2.75) is 33.5 Å². The Morgan fingerprint density at radius 2 is 2.00 bits per heavy atom. The van der Waals surface area contributed by atoms with E-state index in [1.54, 1.807) is 42.7 Å². The van der Waals surface area contributed by atoms with E-state index >= 15 is 0 Å². The number of thiazole rings is 1. The SMILES string of the molecule is COc1ccc(OC(C)C)c(NC(=O)C=Cc2ccccc2OCc2csc(C)n2)c1. The van der Waals surface area contributed by atoms with Gasteiger partial charge in [0.05, 0.1) is 29.6 Å². The summed E-state index contributed by atoms with van der Waals surface area (Å²) in [6.45, 7) is 6.20. The number of para-hydroxylation sites is 1. The number of anilines is 1. The van der Waals surface area contributed by atoms with Crippen LogP contribution in [0.15, 0.2) is 53.9 Å². The van der Waals surface area contributed by atoms with Crippen LogP contribution in [0.25, 0.3) is 6.08 Å². The number of carbonyl (C=O) groups excluding carboxylic acids is 1. The molecule has 3 aromatic rings. The van der Waals surface area contributed by atoms with Crippen molar-refractivity contribution in [2.24, 2.45) is 0 Å². The third-order valence-electron chi connectivity index (χ3n) is 4.18. The Morgan fingerprint density at radius 1 is 1.19 bits per heavy atom. The van der Waals surface area contributed by atoms with E-state index in [9.17, 15) is 4.79 Å². The lowest BCUT2D eigenvalue weighted by Gasteiger charge is -2.15. The van der Waals surface area contributed by atoms with Crippen LogP contribution in [0.4, 0.5) is 5.69 Å². The molecule has 0 aliphatic carbocycles. The molecule has 1 amide bonds. The molecule has 1 heterocycles. The summed E-state index contributed by atoms with van der Waals surface area (Å²) in [6.07, 6.45) is 3.17. The first kappa shape index (κ1) is 22.4. The molecule has 0 saturated heterocycles. The Kier molecular flexibility index (Phi) is 7.67. The van der Waals surface area contributed by atoms with E-state index in [1.165, 1.54) is 6.08 Å². The molecule has 0 aliphatic rings. The standard InChI is InChI=1S/C24H26N2O4S/c1-16(2)30-23-11-10-20(28-4)13-21(23)26-24(27)12-9-18-7-5-6-8-22(18)29-14-19-15-31-17(3)25-19/h5-13,15-16H,14H2,1-4H3,(H,26,27). The van der Waals surface area contributed by atoms with Crippen LogP contribution >= 0.6 is 11.3 Å². The number of nitrogens with one attached hydrogen (secondary N) is 1. The molecule has 31 heavy (non-hydrogen) atoms. The summed E-state index contributed by atoms with van der Waals surface area (Å²) >= 11 is 1.59. The summed E-state index contributed by atoms with van der Waals surface area (Å²) in [6, 6.07) is 12.9. The molecule has 0 spiro atoms. The molecular formula is C24H26N2O4S. The zero-order chi connectivity index (χ0) is 22.2. The summed E-state index contributed by atoms with van der Waals surface area (Å²) in [5.41, 5.74) is 2.23. The number of carbonyl (C=O) groups is 1. The third kappa shape index (κ3) is 6.58. The first-order valence-corrected chi connectivity index (χ1v) is 10.8. The highest BCUT2D eigenvalue weighted by molar-refractivity contribution is 7.09. The van der Waals surface area contributed by atoms with E-state index in [0.717, 1.165) is 16.3 Å². The second-order valence-corrected chi connectivity index (χ2v) is 8.10. The predicted molar refractivity (Wildman–Crippen MR) is 124 cm³/mol. The fourth-order valence-electron chi connectivity index (χ4n) is 2.81. The Bertz CT molecular complexity index is 1060. The molecular weight excluding hydrogens is 412 g/mol. The number of nitrogens with zero attached hydrogens (tertiary/aromatic N) is 1. The summed E-state index contributed by atoms with van der Waals surface area (Å²) in [5.74, 6) is 1.61. The van der Waals surface area contributed by atoms with Crippen LogP contribution in [-0.4, -0.2) is 24.1 Å². The molecule has 0 atom stereocenters. The van der Waals surface area contributed by atoms with Crippen molar-refractivity contribution in [1.82, 2.24) is 4.98 Å². The van der Waals surface area contributed by atoms with Gasteiger partial charge in [-0.3, -0.25) is 4.79 Å². The van der Waals surface area contributed by atoms with E-state index in [4.69, 9.17) is 14.2 Å². The van der Waals surface area contributed by atoms with Crippen LogP contribution in [0.2, 0.25) is 0 Å². The number of amides is 1. The number of benzene rings is 2. The van der Waals surface area contributed by atoms with Gasteiger partial charge in [-0.2, -0.15) is 0 Å². The van der Waals surface area contributed by atoms with Crippen LogP contribution in [0.3, 0.4) is 0 Å². The number of hydrogen-bond donors (Lipinski definition) is 1. The van der Waals surface area contributed by atoms with Gasteiger partial charge in [0.2, 0.25) is 5.91 Å². The van der Waals surface area contributed by atoms with Crippen LogP contribution in [0.5, 0.6) is 17.2 Å². The highest BCUT2D eigenvalue weighted by atomic mass is 32.1. The topological polar surface area (TPSA) is 69.7 Å². The smallest absolute Gasteiger partial charge is 0.248 e. The largest absolute Gasteiger partial charge is 0.497 e. The van der Waals surface area contributed by atoms with Crippen molar-refractivity contribution in [3.05, 3.63) is 70.2 Å². The van der Waals surface area contributed by atoms with Gasteiger partial charge in [-0.05, 0) is 45.0 Å². The van der Waals surface area contributed by atoms with Gasteiger partial charge >= 0.3 is 0 Å². The van der Waals surface area contributed by atoms with Gasteiger partial charge in [0.15, 0.2) is 0 Å². The second kappa shape index (κ2) is 10.6. The minimum absolute atomic E-state index is 0.0230. The maximum Gasteiger partial charge on any atom is 0.248 e. The molecule has 0 fully saturated rings. The number of rotatable bonds is 9. The summed E-state index contributed by atoms with van der Waals surface area (Å²) in [5, 5.41) is 5.84. The van der Waals surface area contributed by atoms with E-state index in [-0.39, 0.29) is 12.0 Å². The number of aryl methyl sites for hydroxylation is 1. The average molecular weight is 439 g/mol. The minimum atomic E-state index is -0.285. The summed E-state index contributed by atoms with van der Waals surface area (Å²) in [4.78, 5) is 17.0. The number of methoxy groups -OCH3 is 1. The van der Waals surface area contributed by atoms with Crippen molar-refractivity contribution < 1.29 is 19.0 Å². The molecule has 0 bridgehead atoms. The highest BCUT2D eigenvalue weighted by Crippen LogP contribution is 2.30. The summed E-state index contributed by atoms with van der Waals surface area (Å²) < 4.78 is 16.9. The van der Waals surface area contributed by atoms with Gasteiger partial charge in [0, 0.05) is 23.1 Å². The molecule has 0 aliphatic heterocycles. The third-order valence-corrected chi connectivity index (χ3v) is 5.01. The first-order chi connectivity index (χ1) is 14.9. The maximum absolute atomic E-state index is 12.6. The maximum atomic E-state index is 12.6. The Balaban J connectivity index is 1.70. The second-order valence-electron chi connectivity index (χ2n) is 7.04. The van der Waals surface area contributed by atoms with Crippen molar-refractivity contribution in [2.75, 3.05) is 12.4 Å². The quantitative estimate of drug-likeness (QED) is 0.448.